The van der Waals surface area contributed by atoms with E-state index in [0.717, 1.165) is 15.9 Å². The zero-order valence-electron chi connectivity index (χ0n) is 11.0. The lowest BCUT2D eigenvalue weighted by atomic mass is 10.1. The number of hydrogen-bond acceptors (Lipinski definition) is 3. The number of benzene rings is 1. The van der Waals surface area contributed by atoms with E-state index in [1.54, 1.807) is 29.9 Å². The van der Waals surface area contributed by atoms with Crippen molar-refractivity contribution in [2.45, 2.75) is 13.8 Å². The summed E-state index contributed by atoms with van der Waals surface area (Å²) in [6.07, 6.45) is 0. The van der Waals surface area contributed by atoms with Crippen LogP contribution in [-0.2, 0) is 0 Å². The lowest BCUT2D eigenvalue weighted by Gasteiger charge is -2.10. The van der Waals surface area contributed by atoms with Crippen molar-refractivity contribution < 1.29 is 4.79 Å². The Morgan fingerprint density at radius 2 is 2.11 bits per heavy atom. The summed E-state index contributed by atoms with van der Waals surface area (Å²) in [7, 11) is 1.60. The van der Waals surface area contributed by atoms with Crippen LogP contribution in [0.25, 0.3) is 5.69 Å². The molecule has 1 amide bonds. The number of anilines is 1. The van der Waals surface area contributed by atoms with Gasteiger partial charge in [-0.05, 0) is 48.0 Å². The molecule has 3 N–H and O–H groups in total. The highest BCUT2D eigenvalue weighted by Crippen LogP contribution is 2.26. The largest absolute Gasteiger partial charge is 0.397 e. The molecule has 19 heavy (non-hydrogen) atoms. The smallest absolute Gasteiger partial charge is 0.251 e. The van der Waals surface area contributed by atoms with E-state index in [-0.39, 0.29) is 5.91 Å². The summed E-state index contributed by atoms with van der Waals surface area (Å²) in [6, 6.07) is 5.14. The van der Waals surface area contributed by atoms with Crippen molar-refractivity contribution in [1.29, 1.82) is 0 Å². The monoisotopic (exact) mass is 322 g/mol. The number of rotatable bonds is 2. The van der Waals surface area contributed by atoms with Gasteiger partial charge in [-0.25, -0.2) is 4.68 Å². The summed E-state index contributed by atoms with van der Waals surface area (Å²) in [5.74, 6) is -0.151. The molecule has 6 heteroatoms. The first-order valence-electron chi connectivity index (χ1n) is 5.79. The fraction of sp³-hybridized carbons (Fsp3) is 0.231. The van der Waals surface area contributed by atoms with Gasteiger partial charge in [0.1, 0.15) is 0 Å². The molecule has 0 aliphatic heterocycles. The quantitative estimate of drug-likeness (QED) is 0.832. The Morgan fingerprint density at radius 3 is 2.63 bits per heavy atom. The van der Waals surface area contributed by atoms with E-state index < -0.39 is 0 Å². The number of carbonyl (C=O) groups excluding carboxylic acids is 1. The standard InChI is InChI=1S/C13H15BrN4O/c1-7-12(14)8(2)18(17-7)11-6-9(13(19)16-3)4-5-10(11)15/h4-6H,15H2,1-3H3,(H,16,19). The predicted octanol–water partition coefficient (Wildman–Crippen LogP) is 2.19. The van der Waals surface area contributed by atoms with E-state index in [4.69, 9.17) is 5.73 Å². The third kappa shape index (κ3) is 2.35. The summed E-state index contributed by atoms with van der Waals surface area (Å²) in [5, 5.41) is 7.02. The molecule has 0 aliphatic rings. The van der Waals surface area contributed by atoms with Crippen LogP contribution in [0.2, 0.25) is 0 Å². The number of aromatic nitrogens is 2. The molecular weight excluding hydrogens is 308 g/mol. The molecule has 2 aromatic rings. The van der Waals surface area contributed by atoms with Gasteiger partial charge in [-0.2, -0.15) is 5.10 Å². The Hall–Kier alpha value is -1.82. The minimum absolute atomic E-state index is 0.151. The summed E-state index contributed by atoms with van der Waals surface area (Å²) < 4.78 is 2.68. The van der Waals surface area contributed by atoms with Crippen LogP contribution in [0, 0.1) is 13.8 Å². The molecule has 5 nitrogen and oxygen atoms in total. The van der Waals surface area contributed by atoms with Crippen LogP contribution >= 0.6 is 15.9 Å². The van der Waals surface area contributed by atoms with E-state index in [1.165, 1.54) is 0 Å². The molecule has 0 bridgehead atoms. The molecule has 1 heterocycles. The van der Waals surface area contributed by atoms with Crippen molar-refractivity contribution in [1.82, 2.24) is 15.1 Å². The molecule has 0 saturated carbocycles. The van der Waals surface area contributed by atoms with Gasteiger partial charge in [0.25, 0.3) is 5.91 Å². The van der Waals surface area contributed by atoms with Gasteiger partial charge < -0.3 is 11.1 Å². The second kappa shape index (κ2) is 5.05. The van der Waals surface area contributed by atoms with E-state index in [1.807, 2.05) is 13.8 Å². The lowest BCUT2D eigenvalue weighted by molar-refractivity contribution is 0.0963. The Morgan fingerprint density at radius 1 is 1.42 bits per heavy atom. The number of aryl methyl sites for hydroxylation is 1. The first-order chi connectivity index (χ1) is 8.95. The van der Waals surface area contributed by atoms with Gasteiger partial charge in [0.15, 0.2) is 0 Å². The maximum Gasteiger partial charge on any atom is 0.251 e. The highest BCUT2D eigenvalue weighted by Gasteiger charge is 2.14. The Labute approximate surface area is 119 Å². The first kappa shape index (κ1) is 13.6. The molecule has 1 aromatic heterocycles. The first-order valence-corrected chi connectivity index (χ1v) is 6.58. The van der Waals surface area contributed by atoms with Crippen LogP contribution in [0.1, 0.15) is 21.7 Å². The Balaban J connectivity index is 2.61. The SMILES string of the molecule is CNC(=O)c1ccc(N)c(-n2nc(C)c(Br)c2C)c1. The highest BCUT2D eigenvalue weighted by atomic mass is 79.9. The number of hydrogen-bond donors (Lipinski definition) is 2. The van der Waals surface area contributed by atoms with E-state index in [2.05, 4.69) is 26.3 Å². The highest BCUT2D eigenvalue weighted by molar-refractivity contribution is 9.10. The second-order valence-electron chi connectivity index (χ2n) is 4.25. The molecule has 0 saturated heterocycles. The number of nitrogens with two attached hydrogens (primary N) is 1. The van der Waals surface area contributed by atoms with Gasteiger partial charge in [0, 0.05) is 12.6 Å². The summed E-state index contributed by atoms with van der Waals surface area (Å²) in [4.78, 5) is 11.7. The van der Waals surface area contributed by atoms with Gasteiger partial charge in [-0.15, -0.1) is 0 Å². The van der Waals surface area contributed by atoms with Crippen molar-refractivity contribution in [2.24, 2.45) is 0 Å². The fourth-order valence-corrected chi connectivity index (χ4v) is 2.12. The molecular formula is C13H15BrN4O. The summed E-state index contributed by atoms with van der Waals surface area (Å²) >= 11 is 3.48. The second-order valence-corrected chi connectivity index (χ2v) is 5.04. The number of nitrogens with one attached hydrogen (secondary N) is 1. The molecule has 0 fully saturated rings. The number of amides is 1. The number of halogens is 1. The Bertz CT molecular complexity index is 648. The van der Waals surface area contributed by atoms with E-state index >= 15 is 0 Å². The number of carbonyl (C=O) groups is 1. The fourth-order valence-electron chi connectivity index (χ4n) is 1.87. The lowest BCUT2D eigenvalue weighted by Crippen LogP contribution is -2.18. The minimum Gasteiger partial charge on any atom is -0.397 e. The molecule has 0 spiro atoms. The minimum atomic E-state index is -0.151. The van der Waals surface area contributed by atoms with Crippen molar-refractivity contribution >= 4 is 27.5 Å². The van der Waals surface area contributed by atoms with Crippen LogP contribution < -0.4 is 11.1 Å². The molecule has 0 aliphatic carbocycles. The van der Waals surface area contributed by atoms with E-state index in [9.17, 15) is 4.79 Å². The van der Waals surface area contributed by atoms with Gasteiger partial charge in [-0.3, -0.25) is 4.79 Å². The van der Waals surface area contributed by atoms with Crippen LogP contribution in [0.5, 0.6) is 0 Å². The zero-order valence-corrected chi connectivity index (χ0v) is 12.6. The summed E-state index contributed by atoms with van der Waals surface area (Å²) in [5.41, 5.74) is 9.63. The number of nitrogen functional groups attached to an aromatic ring is 1. The van der Waals surface area contributed by atoms with Crippen LogP contribution in [0.4, 0.5) is 5.69 Å². The predicted molar refractivity (Wildman–Crippen MR) is 78.5 cm³/mol. The molecule has 0 unspecified atom stereocenters. The topological polar surface area (TPSA) is 72.9 Å². The van der Waals surface area contributed by atoms with Gasteiger partial charge in [0.2, 0.25) is 0 Å². The van der Waals surface area contributed by atoms with Crippen LogP contribution in [0.15, 0.2) is 22.7 Å². The third-order valence-electron chi connectivity index (χ3n) is 2.95. The maximum atomic E-state index is 11.7. The third-order valence-corrected chi connectivity index (χ3v) is 4.10. The summed E-state index contributed by atoms with van der Waals surface area (Å²) in [6.45, 7) is 3.85. The normalized spacial score (nSPS) is 10.5. The average Bonchev–Trinajstić information content (AvgIpc) is 2.66. The number of nitrogens with zero attached hydrogens (tertiary/aromatic N) is 2. The van der Waals surface area contributed by atoms with Crippen molar-refractivity contribution in [3.05, 3.63) is 39.6 Å². The van der Waals surface area contributed by atoms with Crippen LogP contribution in [0.3, 0.4) is 0 Å². The van der Waals surface area contributed by atoms with Crippen molar-refractivity contribution in [2.75, 3.05) is 12.8 Å². The maximum absolute atomic E-state index is 11.7. The molecule has 100 valence electrons. The zero-order chi connectivity index (χ0) is 14.2. The molecule has 0 radical (unpaired) electrons. The Kier molecular flexibility index (Phi) is 3.61. The van der Waals surface area contributed by atoms with Gasteiger partial charge >= 0.3 is 0 Å². The van der Waals surface area contributed by atoms with Gasteiger partial charge in [-0.1, -0.05) is 0 Å². The van der Waals surface area contributed by atoms with Crippen molar-refractivity contribution in [3.63, 3.8) is 0 Å². The average molecular weight is 323 g/mol. The van der Waals surface area contributed by atoms with E-state index in [0.29, 0.717) is 16.9 Å². The molecule has 1 aromatic carbocycles. The van der Waals surface area contributed by atoms with Gasteiger partial charge in [0.05, 0.1) is 27.2 Å². The molecule has 0 atom stereocenters. The molecule has 2 rings (SSSR count). The van der Waals surface area contributed by atoms with Crippen molar-refractivity contribution in [3.8, 4) is 5.69 Å². The van der Waals surface area contributed by atoms with Crippen LogP contribution in [-0.4, -0.2) is 22.7 Å².